The summed E-state index contributed by atoms with van der Waals surface area (Å²) in [4.78, 5) is 10.1. The Bertz CT molecular complexity index is 616. The molecule has 0 unspecified atom stereocenters. The number of hydrogen-bond acceptors (Lipinski definition) is 5. The van der Waals surface area contributed by atoms with Crippen LogP contribution in [0.5, 0.6) is 0 Å². The maximum Gasteiger partial charge on any atom is 0.320 e. The highest BCUT2D eigenvalue weighted by Crippen LogP contribution is 2.18. The molecule has 1 rings (SSSR count). The Kier molecular flexibility index (Phi) is 4.92. The Hall–Kier alpha value is -1.58. The molecule has 9 heteroatoms. The van der Waals surface area contributed by atoms with Gasteiger partial charge >= 0.3 is 5.97 Å². The number of ether oxygens (including phenoxy) is 1. The van der Waals surface area contributed by atoms with Gasteiger partial charge in [0.25, 0.3) is 0 Å². The zero-order chi connectivity index (χ0) is 14.6. The molecule has 0 atom stereocenters. The summed E-state index contributed by atoms with van der Waals surface area (Å²) in [6.45, 7) is -0.577. The molecule has 19 heavy (non-hydrogen) atoms. The predicted octanol–water partition coefficient (Wildman–Crippen LogP) is -0.0888. The van der Waals surface area contributed by atoms with Gasteiger partial charge in [-0.1, -0.05) is 18.3 Å². The molecule has 1 aromatic carbocycles. The quantitative estimate of drug-likeness (QED) is 0.583. The van der Waals surface area contributed by atoms with Crippen LogP contribution in [0.4, 0.5) is 4.39 Å². The van der Waals surface area contributed by atoms with E-state index in [0.717, 1.165) is 19.2 Å². The Morgan fingerprint density at radius 1 is 1.53 bits per heavy atom. The molecule has 0 spiro atoms. The van der Waals surface area contributed by atoms with E-state index in [1.165, 1.54) is 6.07 Å². The van der Waals surface area contributed by atoms with Gasteiger partial charge in [0.1, 0.15) is 17.4 Å². The third-order valence-electron chi connectivity index (χ3n) is 2.15. The molecule has 0 heterocycles. The monoisotopic (exact) mass is 306 g/mol. The van der Waals surface area contributed by atoms with E-state index in [4.69, 9.17) is 5.73 Å². The maximum absolute atomic E-state index is 13.5. The number of nitrogens with two attached hydrogens (primary N) is 1. The lowest BCUT2D eigenvalue weighted by atomic mass is 10.2. The van der Waals surface area contributed by atoms with Crippen molar-refractivity contribution >= 4 is 33.2 Å². The molecule has 6 nitrogen and oxygen atoms in total. The van der Waals surface area contributed by atoms with Crippen molar-refractivity contribution in [3.63, 3.8) is 0 Å². The van der Waals surface area contributed by atoms with Crippen molar-refractivity contribution in [2.24, 2.45) is 5.73 Å². The molecule has 0 bridgehead atoms. The lowest BCUT2D eigenvalue weighted by Crippen LogP contribution is -2.32. The number of thiocarbonyl (C=S) groups is 1. The number of methoxy groups -OCH3 is 1. The van der Waals surface area contributed by atoms with Gasteiger partial charge in [0, 0.05) is 0 Å². The molecule has 0 aliphatic heterocycles. The smallest absolute Gasteiger partial charge is 0.320 e. The zero-order valence-corrected chi connectivity index (χ0v) is 11.5. The van der Waals surface area contributed by atoms with E-state index >= 15 is 0 Å². The largest absolute Gasteiger partial charge is 0.468 e. The SMILES string of the molecule is COC(=O)CNS(=O)(=O)c1cccc(F)c1C(N)=S. The molecule has 0 saturated carbocycles. The Labute approximate surface area is 114 Å². The highest BCUT2D eigenvalue weighted by molar-refractivity contribution is 7.89. The Morgan fingerprint density at radius 3 is 2.68 bits per heavy atom. The average molecular weight is 306 g/mol. The van der Waals surface area contributed by atoms with Crippen LogP contribution in [0.2, 0.25) is 0 Å². The molecule has 0 fully saturated rings. The summed E-state index contributed by atoms with van der Waals surface area (Å²) in [6.07, 6.45) is 0. The number of benzene rings is 1. The Morgan fingerprint density at radius 2 is 2.16 bits per heavy atom. The second kappa shape index (κ2) is 6.04. The molecule has 104 valence electrons. The number of sulfonamides is 1. The summed E-state index contributed by atoms with van der Waals surface area (Å²) < 4.78 is 43.7. The van der Waals surface area contributed by atoms with Crippen LogP contribution < -0.4 is 10.5 Å². The van der Waals surface area contributed by atoms with E-state index in [0.29, 0.717) is 0 Å². The molecule has 0 aliphatic rings. The third kappa shape index (κ3) is 3.69. The summed E-state index contributed by atoms with van der Waals surface area (Å²) in [5.74, 6) is -1.63. The van der Waals surface area contributed by atoms with Gasteiger partial charge in [-0.05, 0) is 12.1 Å². The van der Waals surface area contributed by atoms with E-state index in [2.05, 4.69) is 17.0 Å². The van der Waals surface area contributed by atoms with Gasteiger partial charge in [-0.2, -0.15) is 4.72 Å². The van der Waals surface area contributed by atoms with Gasteiger partial charge in [-0.25, -0.2) is 12.8 Å². The van der Waals surface area contributed by atoms with E-state index in [9.17, 15) is 17.6 Å². The van der Waals surface area contributed by atoms with Gasteiger partial charge < -0.3 is 10.5 Å². The standard InChI is InChI=1S/C10H11FN2O4S2/c1-17-8(14)5-13-19(15,16)7-4-2-3-6(11)9(7)10(12)18/h2-4,13H,5H2,1H3,(H2,12,18). The van der Waals surface area contributed by atoms with Crippen molar-refractivity contribution in [1.82, 2.24) is 4.72 Å². The van der Waals surface area contributed by atoms with Crippen LogP contribution in [0.25, 0.3) is 0 Å². The minimum absolute atomic E-state index is 0.392. The van der Waals surface area contributed by atoms with Crippen LogP contribution >= 0.6 is 12.2 Å². The normalized spacial score (nSPS) is 11.1. The van der Waals surface area contributed by atoms with Crippen molar-refractivity contribution in [2.45, 2.75) is 4.90 Å². The maximum atomic E-state index is 13.5. The first-order chi connectivity index (χ1) is 8.79. The second-order valence-corrected chi connectivity index (χ2v) is 5.55. The minimum atomic E-state index is -4.12. The molecule has 0 aliphatic carbocycles. The number of rotatable bonds is 5. The van der Waals surface area contributed by atoms with Gasteiger partial charge in [0.15, 0.2) is 0 Å². The van der Waals surface area contributed by atoms with Crippen LogP contribution in [-0.2, 0) is 19.6 Å². The number of halogens is 1. The van der Waals surface area contributed by atoms with Crippen molar-refractivity contribution < 1.29 is 22.3 Å². The van der Waals surface area contributed by atoms with Crippen molar-refractivity contribution in [3.8, 4) is 0 Å². The molecular weight excluding hydrogens is 295 g/mol. The highest BCUT2D eigenvalue weighted by Gasteiger charge is 2.23. The summed E-state index contributed by atoms with van der Waals surface area (Å²) in [6, 6.07) is 3.37. The summed E-state index contributed by atoms with van der Waals surface area (Å²) in [5, 5.41) is 0. The van der Waals surface area contributed by atoms with E-state index in [1.807, 2.05) is 4.72 Å². The molecule has 0 aromatic heterocycles. The molecule has 1 aromatic rings. The van der Waals surface area contributed by atoms with Crippen molar-refractivity contribution in [2.75, 3.05) is 13.7 Å². The zero-order valence-electron chi connectivity index (χ0n) is 9.84. The molecular formula is C10H11FN2O4S2. The summed E-state index contributed by atoms with van der Waals surface area (Å²) in [5.41, 5.74) is 4.91. The molecule has 0 radical (unpaired) electrons. The lowest BCUT2D eigenvalue weighted by Gasteiger charge is -2.10. The fourth-order valence-corrected chi connectivity index (χ4v) is 2.74. The molecule has 0 saturated heterocycles. The van der Waals surface area contributed by atoms with Gasteiger partial charge in [0.2, 0.25) is 10.0 Å². The number of carbonyl (C=O) groups excluding carboxylic acids is 1. The summed E-state index contributed by atoms with van der Waals surface area (Å²) >= 11 is 4.62. The van der Waals surface area contributed by atoms with E-state index in [-0.39, 0.29) is 0 Å². The number of esters is 1. The predicted molar refractivity (Wildman–Crippen MR) is 69.5 cm³/mol. The topological polar surface area (TPSA) is 98.5 Å². The summed E-state index contributed by atoms with van der Waals surface area (Å²) in [7, 11) is -3.01. The first kappa shape index (κ1) is 15.5. The first-order valence-electron chi connectivity index (χ1n) is 4.94. The van der Waals surface area contributed by atoms with E-state index in [1.54, 1.807) is 0 Å². The molecule has 3 N–H and O–H groups in total. The Balaban J connectivity index is 3.19. The van der Waals surface area contributed by atoms with Crippen LogP contribution in [0.3, 0.4) is 0 Å². The number of carbonyl (C=O) groups is 1. The molecule has 0 amide bonds. The van der Waals surface area contributed by atoms with Gasteiger partial charge in [0.05, 0.1) is 17.6 Å². The van der Waals surface area contributed by atoms with Gasteiger partial charge in [-0.15, -0.1) is 0 Å². The van der Waals surface area contributed by atoms with Crippen LogP contribution in [0, 0.1) is 5.82 Å². The highest BCUT2D eigenvalue weighted by atomic mass is 32.2. The van der Waals surface area contributed by atoms with Crippen molar-refractivity contribution in [3.05, 3.63) is 29.6 Å². The van der Waals surface area contributed by atoms with Gasteiger partial charge in [-0.3, -0.25) is 4.79 Å². The van der Waals surface area contributed by atoms with E-state index < -0.39 is 43.8 Å². The average Bonchev–Trinajstić information content (AvgIpc) is 2.35. The van der Waals surface area contributed by atoms with Crippen LogP contribution in [0.15, 0.2) is 23.1 Å². The fourth-order valence-electron chi connectivity index (χ4n) is 1.27. The lowest BCUT2D eigenvalue weighted by molar-refractivity contribution is -0.139. The first-order valence-corrected chi connectivity index (χ1v) is 6.83. The number of hydrogen-bond donors (Lipinski definition) is 2. The van der Waals surface area contributed by atoms with Crippen LogP contribution in [-0.4, -0.2) is 33.0 Å². The fraction of sp³-hybridized carbons (Fsp3) is 0.200. The van der Waals surface area contributed by atoms with Crippen LogP contribution in [0.1, 0.15) is 5.56 Å². The number of nitrogens with one attached hydrogen (secondary N) is 1. The minimum Gasteiger partial charge on any atom is -0.468 e. The second-order valence-electron chi connectivity index (χ2n) is 3.38. The van der Waals surface area contributed by atoms with Crippen molar-refractivity contribution in [1.29, 1.82) is 0 Å². The third-order valence-corrected chi connectivity index (χ3v) is 3.79.